The molecule has 0 amide bonds. The zero-order valence-electron chi connectivity index (χ0n) is 10.4. The molecule has 88 valence electrons. The SMILES string of the molecule is COc1ccc(-c2ccccc2)c(OC)c1C. The second-order valence-corrected chi connectivity index (χ2v) is 3.84. The first-order chi connectivity index (χ1) is 8.27. The normalized spacial score (nSPS) is 10.1. The van der Waals surface area contributed by atoms with Gasteiger partial charge in [0.05, 0.1) is 14.2 Å². The molecule has 0 atom stereocenters. The van der Waals surface area contributed by atoms with Gasteiger partial charge in [-0.1, -0.05) is 30.3 Å². The first-order valence-electron chi connectivity index (χ1n) is 5.55. The second-order valence-electron chi connectivity index (χ2n) is 3.84. The second kappa shape index (κ2) is 4.91. The van der Waals surface area contributed by atoms with Crippen molar-refractivity contribution in [3.63, 3.8) is 0 Å². The van der Waals surface area contributed by atoms with Crippen molar-refractivity contribution in [2.45, 2.75) is 6.92 Å². The number of benzene rings is 2. The van der Waals surface area contributed by atoms with E-state index in [4.69, 9.17) is 9.47 Å². The maximum atomic E-state index is 5.49. The van der Waals surface area contributed by atoms with Crippen LogP contribution in [0.5, 0.6) is 11.5 Å². The van der Waals surface area contributed by atoms with Crippen LogP contribution >= 0.6 is 0 Å². The monoisotopic (exact) mass is 228 g/mol. The zero-order chi connectivity index (χ0) is 12.3. The molecular weight excluding hydrogens is 212 g/mol. The molecule has 0 unspecified atom stereocenters. The van der Waals surface area contributed by atoms with Crippen LogP contribution < -0.4 is 9.47 Å². The van der Waals surface area contributed by atoms with Crippen molar-refractivity contribution in [1.29, 1.82) is 0 Å². The number of methoxy groups -OCH3 is 2. The third-order valence-corrected chi connectivity index (χ3v) is 2.87. The molecule has 0 bridgehead atoms. The number of ether oxygens (including phenoxy) is 2. The van der Waals surface area contributed by atoms with Gasteiger partial charge in [-0.05, 0) is 24.6 Å². The maximum Gasteiger partial charge on any atom is 0.133 e. The van der Waals surface area contributed by atoms with E-state index in [-0.39, 0.29) is 0 Å². The summed E-state index contributed by atoms with van der Waals surface area (Å²) in [5.74, 6) is 1.72. The van der Waals surface area contributed by atoms with Crippen LogP contribution in [0.2, 0.25) is 0 Å². The number of hydrogen-bond donors (Lipinski definition) is 0. The van der Waals surface area contributed by atoms with Crippen LogP contribution in [0.1, 0.15) is 5.56 Å². The third kappa shape index (κ3) is 2.11. The van der Waals surface area contributed by atoms with Crippen LogP contribution in [-0.4, -0.2) is 14.2 Å². The third-order valence-electron chi connectivity index (χ3n) is 2.87. The van der Waals surface area contributed by atoms with E-state index < -0.39 is 0 Å². The highest BCUT2D eigenvalue weighted by Gasteiger charge is 2.12. The lowest BCUT2D eigenvalue weighted by Gasteiger charge is -2.14. The quantitative estimate of drug-likeness (QED) is 0.797. The Balaban J connectivity index is 2.59. The van der Waals surface area contributed by atoms with Crippen LogP contribution in [0.25, 0.3) is 11.1 Å². The molecule has 0 fully saturated rings. The number of rotatable bonds is 3. The molecule has 0 saturated carbocycles. The van der Waals surface area contributed by atoms with Gasteiger partial charge in [0.25, 0.3) is 0 Å². The van der Waals surface area contributed by atoms with Crippen LogP contribution in [0.15, 0.2) is 42.5 Å². The smallest absolute Gasteiger partial charge is 0.133 e. The standard InChI is InChI=1S/C15H16O2/c1-11-14(16-2)10-9-13(15(11)17-3)12-7-5-4-6-8-12/h4-10H,1-3H3. The summed E-state index contributed by atoms with van der Waals surface area (Å²) in [5, 5.41) is 0. The van der Waals surface area contributed by atoms with Crippen molar-refractivity contribution < 1.29 is 9.47 Å². The van der Waals surface area contributed by atoms with Crippen LogP contribution in [-0.2, 0) is 0 Å². The highest BCUT2D eigenvalue weighted by molar-refractivity contribution is 5.73. The van der Waals surface area contributed by atoms with Crippen molar-refractivity contribution in [3.8, 4) is 22.6 Å². The van der Waals surface area contributed by atoms with E-state index in [1.165, 1.54) is 0 Å². The fourth-order valence-corrected chi connectivity index (χ4v) is 2.00. The Morgan fingerprint density at radius 2 is 1.53 bits per heavy atom. The van der Waals surface area contributed by atoms with Gasteiger partial charge in [0.15, 0.2) is 0 Å². The lowest BCUT2D eigenvalue weighted by molar-refractivity contribution is 0.390. The Hall–Kier alpha value is -1.96. The van der Waals surface area contributed by atoms with Gasteiger partial charge in [0.1, 0.15) is 11.5 Å². The highest BCUT2D eigenvalue weighted by atomic mass is 16.5. The molecule has 2 rings (SSSR count). The summed E-state index contributed by atoms with van der Waals surface area (Å²) in [6.45, 7) is 2.00. The van der Waals surface area contributed by atoms with Crippen molar-refractivity contribution in [2.24, 2.45) is 0 Å². The predicted molar refractivity (Wildman–Crippen MR) is 69.7 cm³/mol. The Morgan fingerprint density at radius 3 is 2.12 bits per heavy atom. The summed E-state index contributed by atoms with van der Waals surface area (Å²) in [4.78, 5) is 0. The molecule has 0 spiro atoms. The van der Waals surface area contributed by atoms with Crippen LogP contribution in [0.3, 0.4) is 0 Å². The fourth-order valence-electron chi connectivity index (χ4n) is 2.00. The van der Waals surface area contributed by atoms with Crippen LogP contribution in [0.4, 0.5) is 0 Å². The molecule has 0 radical (unpaired) electrons. The Morgan fingerprint density at radius 1 is 0.824 bits per heavy atom. The lowest BCUT2D eigenvalue weighted by Crippen LogP contribution is -1.95. The first kappa shape index (κ1) is 11.5. The average Bonchev–Trinajstić information content (AvgIpc) is 2.39. The lowest BCUT2D eigenvalue weighted by atomic mass is 10.0. The van der Waals surface area contributed by atoms with E-state index in [0.717, 1.165) is 28.2 Å². The summed E-state index contributed by atoms with van der Waals surface area (Å²) in [6.07, 6.45) is 0. The van der Waals surface area contributed by atoms with Gasteiger partial charge < -0.3 is 9.47 Å². The molecule has 0 saturated heterocycles. The van der Waals surface area contributed by atoms with Crippen molar-refractivity contribution in [2.75, 3.05) is 14.2 Å². The minimum Gasteiger partial charge on any atom is -0.496 e. The molecule has 0 aliphatic carbocycles. The molecule has 17 heavy (non-hydrogen) atoms. The molecule has 0 aliphatic heterocycles. The molecule has 2 aromatic rings. The minimum atomic E-state index is 0.849. The predicted octanol–water partition coefficient (Wildman–Crippen LogP) is 3.68. The van der Waals surface area contributed by atoms with E-state index in [0.29, 0.717) is 0 Å². The Bertz CT molecular complexity index is 504. The average molecular weight is 228 g/mol. The van der Waals surface area contributed by atoms with Crippen molar-refractivity contribution in [1.82, 2.24) is 0 Å². The van der Waals surface area contributed by atoms with Gasteiger partial charge in [0, 0.05) is 11.1 Å². The molecule has 0 heterocycles. The fraction of sp³-hybridized carbons (Fsp3) is 0.200. The van der Waals surface area contributed by atoms with Crippen molar-refractivity contribution >= 4 is 0 Å². The number of hydrogen-bond acceptors (Lipinski definition) is 2. The summed E-state index contributed by atoms with van der Waals surface area (Å²) in [6, 6.07) is 14.2. The molecule has 2 nitrogen and oxygen atoms in total. The summed E-state index contributed by atoms with van der Waals surface area (Å²) >= 11 is 0. The molecule has 2 heteroatoms. The van der Waals surface area contributed by atoms with E-state index in [2.05, 4.69) is 12.1 Å². The largest absolute Gasteiger partial charge is 0.496 e. The summed E-state index contributed by atoms with van der Waals surface area (Å²) in [5.41, 5.74) is 3.26. The molecule has 0 aromatic heterocycles. The molecule has 0 N–H and O–H groups in total. The molecular formula is C15H16O2. The Labute approximate surface area is 102 Å². The van der Waals surface area contributed by atoms with Crippen molar-refractivity contribution in [3.05, 3.63) is 48.0 Å². The van der Waals surface area contributed by atoms with Gasteiger partial charge in [-0.2, -0.15) is 0 Å². The van der Waals surface area contributed by atoms with Gasteiger partial charge in [0.2, 0.25) is 0 Å². The highest BCUT2D eigenvalue weighted by Crippen LogP contribution is 2.37. The van der Waals surface area contributed by atoms with Gasteiger partial charge in [-0.15, -0.1) is 0 Å². The van der Waals surface area contributed by atoms with E-state index in [1.807, 2.05) is 37.3 Å². The zero-order valence-corrected chi connectivity index (χ0v) is 10.4. The van der Waals surface area contributed by atoms with E-state index in [1.54, 1.807) is 14.2 Å². The summed E-state index contributed by atoms with van der Waals surface area (Å²) < 4.78 is 10.8. The maximum absolute atomic E-state index is 5.49. The molecule has 2 aromatic carbocycles. The molecule has 0 aliphatic rings. The van der Waals surface area contributed by atoms with Gasteiger partial charge in [-0.3, -0.25) is 0 Å². The van der Waals surface area contributed by atoms with Crippen LogP contribution in [0, 0.1) is 6.92 Å². The van der Waals surface area contributed by atoms with E-state index >= 15 is 0 Å². The Kier molecular flexibility index (Phi) is 3.33. The minimum absolute atomic E-state index is 0.849. The van der Waals surface area contributed by atoms with E-state index in [9.17, 15) is 0 Å². The summed E-state index contributed by atoms with van der Waals surface area (Å²) in [7, 11) is 3.36. The topological polar surface area (TPSA) is 18.5 Å². The first-order valence-corrected chi connectivity index (χ1v) is 5.55. The van der Waals surface area contributed by atoms with Gasteiger partial charge in [-0.25, -0.2) is 0 Å². The van der Waals surface area contributed by atoms with Gasteiger partial charge >= 0.3 is 0 Å².